The first-order valence-corrected chi connectivity index (χ1v) is 11.1. The van der Waals surface area contributed by atoms with E-state index < -0.39 is 0 Å². The second-order valence-corrected chi connectivity index (χ2v) is 8.60. The zero-order valence-electron chi connectivity index (χ0n) is 16.5. The van der Waals surface area contributed by atoms with Crippen LogP contribution in [0.15, 0.2) is 34.8 Å². The standard InChI is InChI=1S/C19H24N6OS2/c1-5-15-6-8-17(9-7-15)25(14(4)26)18-20-16(11-27-18)12-28-19-21-22-23-24(19)10-13(2)3/h6-9,11,13H,5,10,12H2,1-4H3. The SMILES string of the molecule is CCc1ccc(N(C(C)=O)c2nc(CSc3nnnn3CC(C)C)cs2)cc1. The smallest absolute Gasteiger partial charge is 0.230 e. The minimum absolute atomic E-state index is 0.0568. The molecule has 28 heavy (non-hydrogen) atoms. The van der Waals surface area contributed by atoms with Crippen LogP contribution in [0.4, 0.5) is 10.8 Å². The lowest BCUT2D eigenvalue weighted by Crippen LogP contribution is -2.22. The van der Waals surface area contributed by atoms with Crippen LogP contribution in [0, 0.1) is 5.92 Å². The molecule has 0 N–H and O–H groups in total. The number of thiazole rings is 1. The van der Waals surface area contributed by atoms with Crippen molar-refractivity contribution < 1.29 is 4.79 Å². The minimum atomic E-state index is -0.0568. The summed E-state index contributed by atoms with van der Waals surface area (Å²) in [7, 11) is 0. The number of aryl methyl sites for hydroxylation is 1. The summed E-state index contributed by atoms with van der Waals surface area (Å²) in [5.41, 5.74) is 2.97. The molecule has 3 aromatic rings. The fraction of sp³-hybridized carbons (Fsp3) is 0.421. The highest BCUT2D eigenvalue weighted by Gasteiger charge is 2.18. The van der Waals surface area contributed by atoms with Gasteiger partial charge < -0.3 is 0 Å². The van der Waals surface area contributed by atoms with Crippen LogP contribution in [0.1, 0.15) is 39.0 Å². The third-order valence-corrected chi connectivity index (χ3v) is 5.90. The zero-order valence-corrected chi connectivity index (χ0v) is 18.1. The van der Waals surface area contributed by atoms with E-state index in [4.69, 9.17) is 0 Å². The van der Waals surface area contributed by atoms with E-state index in [9.17, 15) is 4.79 Å². The molecule has 1 amide bonds. The first-order chi connectivity index (χ1) is 13.5. The highest BCUT2D eigenvalue weighted by molar-refractivity contribution is 7.98. The Balaban J connectivity index is 1.72. The van der Waals surface area contributed by atoms with E-state index in [1.165, 1.54) is 16.9 Å². The van der Waals surface area contributed by atoms with E-state index in [0.717, 1.165) is 29.5 Å². The van der Waals surface area contributed by atoms with Crippen molar-refractivity contribution in [3.8, 4) is 0 Å². The largest absolute Gasteiger partial charge is 0.274 e. The van der Waals surface area contributed by atoms with Crippen molar-refractivity contribution >= 4 is 39.8 Å². The first kappa shape index (κ1) is 20.5. The summed E-state index contributed by atoms with van der Waals surface area (Å²) in [5.74, 6) is 1.06. The molecular weight excluding hydrogens is 392 g/mol. The summed E-state index contributed by atoms with van der Waals surface area (Å²) in [6, 6.07) is 8.03. The van der Waals surface area contributed by atoms with Gasteiger partial charge in [-0.25, -0.2) is 9.67 Å². The number of rotatable bonds is 8. The molecule has 0 aliphatic rings. The van der Waals surface area contributed by atoms with Gasteiger partial charge in [0.1, 0.15) is 0 Å². The van der Waals surface area contributed by atoms with Gasteiger partial charge in [0.2, 0.25) is 11.1 Å². The molecular formula is C19H24N6OS2. The summed E-state index contributed by atoms with van der Waals surface area (Å²) in [4.78, 5) is 18.6. The fourth-order valence-corrected chi connectivity index (χ4v) is 4.44. The normalized spacial score (nSPS) is 11.2. The molecule has 3 rings (SSSR count). The molecule has 0 bridgehead atoms. The number of anilines is 2. The average Bonchev–Trinajstić information content (AvgIpc) is 3.29. The lowest BCUT2D eigenvalue weighted by Gasteiger charge is -2.18. The van der Waals surface area contributed by atoms with Gasteiger partial charge in [-0.2, -0.15) is 0 Å². The molecule has 2 heterocycles. The number of hydrogen-bond acceptors (Lipinski definition) is 7. The van der Waals surface area contributed by atoms with Crippen molar-refractivity contribution in [3.05, 3.63) is 40.9 Å². The maximum Gasteiger partial charge on any atom is 0.230 e. The highest BCUT2D eigenvalue weighted by Crippen LogP contribution is 2.31. The number of carbonyl (C=O) groups is 1. The third kappa shape index (κ3) is 4.96. The van der Waals surface area contributed by atoms with E-state index in [-0.39, 0.29) is 5.91 Å². The van der Waals surface area contributed by atoms with Crippen LogP contribution in [0.2, 0.25) is 0 Å². The van der Waals surface area contributed by atoms with E-state index in [1.807, 2.05) is 34.3 Å². The van der Waals surface area contributed by atoms with Crippen molar-refractivity contribution in [2.75, 3.05) is 4.90 Å². The zero-order chi connectivity index (χ0) is 20.1. The molecule has 148 valence electrons. The third-order valence-electron chi connectivity index (χ3n) is 4.03. The van der Waals surface area contributed by atoms with Crippen LogP contribution in [0.3, 0.4) is 0 Å². The van der Waals surface area contributed by atoms with E-state index in [2.05, 4.69) is 41.3 Å². The van der Waals surface area contributed by atoms with Gasteiger partial charge in [0.25, 0.3) is 0 Å². The molecule has 9 heteroatoms. The Labute approximate surface area is 173 Å². The van der Waals surface area contributed by atoms with Crippen molar-refractivity contribution in [1.29, 1.82) is 0 Å². The van der Waals surface area contributed by atoms with Crippen LogP contribution in [0.5, 0.6) is 0 Å². The monoisotopic (exact) mass is 416 g/mol. The predicted molar refractivity (Wildman–Crippen MR) is 113 cm³/mol. The Morgan fingerprint density at radius 1 is 1.29 bits per heavy atom. The van der Waals surface area contributed by atoms with Gasteiger partial charge in [-0.15, -0.1) is 16.4 Å². The number of nitrogens with zero attached hydrogens (tertiary/aromatic N) is 6. The number of tetrazole rings is 1. The number of amides is 1. The number of benzene rings is 1. The maximum absolute atomic E-state index is 12.3. The number of carbonyl (C=O) groups excluding carboxylic acids is 1. The van der Waals surface area contributed by atoms with Crippen molar-refractivity contribution in [2.45, 2.75) is 51.6 Å². The van der Waals surface area contributed by atoms with Crippen molar-refractivity contribution in [2.24, 2.45) is 5.92 Å². The van der Waals surface area contributed by atoms with Crippen LogP contribution >= 0.6 is 23.1 Å². The van der Waals surface area contributed by atoms with Gasteiger partial charge in [-0.05, 0) is 40.5 Å². The fourth-order valence-electron chi connectivity index (χ4n) is 2.67. The molecule has 0 saturated carbocycles. The molecule has 0 atom stereocenters. The van der Waals surface area contributed by atoms with E-state index in [1.54, 1.807) is 23.6 Å². The first-order valence-electron chi connectivity index (χ1n) is 9.21. The Morgan fingerprint density at radius 2 is 2.04 bits per heavy atom. The number of hydrogen-bond donors (Lipinski definition) is 0. The Bertz CT molecular complexity index is 919. The Morgan fingerprint density at radius 3 is 2.68 bits per heavy atom. The summed E-state index contributed by atoms with van der Waals surface area (Å²) < 4.78 is 1.82. The molecule has 0 aliphatic heterocycles. The van der Waals surface area contributed by atoms with Gasteiger partial charge in [0, 0.05) is 24.6 Å². The number of thioether (sulfide) groups is 1. The summed E-state index contributed by atoms with van der Waals surface area (Å²) in [6.45, 7) is 8.71. The lowest BCUT2D eigenvalue weighted by molar-refractivity contribution is -0.115. The molecule has 7 nitrogen and oxygen atoms in total. The minimum Gasteiger partial charge on any atom is -0.274 e. The lowest BCUT2D eigenvalue weighted by atomic mass is 10.1. The van der Waals surface area contributed by atoms with Crippen LogP contribution in [-0.2, 0) is 23.5 Å². The molecule has 0 unspecified atom stereocenters. The molecule has 0 fully saturated rings. The van der Waals surface area contributed by atoms with Crippen molar-refractivity contribution in [3.63, 3.8) is 0 Å². The van der Waals surface area contributed by atoms with Gasteiger partial charge in [0.15, 0.2) is 5.13 Å². The van der Waals surface area contributed by atoms with Gasteiger partial charge in [0.05, 0.1) is 11.4 Å². The second kappa shape index (κ2) is 9.29. The summed E-state index contributed by atoms with van der Waals surface area (Å²) in [6.07, 6.45) is 0.968. The Kier molecular flexibility index (Phi) is 6.79. The van der Waals surface area contributed by atoms with Crippen molar-refractivity contribution in [1.82, 2.24) is 25.2 Å². The summed E-state index contributed by atoms with van der Waals surface area (Å²) in [5, 5.41) is 15.3. The average molecular weight is 417 g/mol. The van der Waals surface area contributed by atoms with Gasteiger partial charge in [-0.3, -0.25) is 9.69 Å². The maximum atomic E-state index is 12.3. The molecule has 0 radical (unpaired) electrons. The Hall–Kier alpha value is -2.26. The molecule has 0 saturated heterocycles. The molecule has 0 spiro atoms. The van der Waals surface area contributed by atoms with Gasteiger partial charge in [-0.1, -0.05) is 44.7 Å². The highest BCUT2D eigenvalue weighted by atomic mass is 32.2. The van der Waals surface area contributed by atoms with Gasteiger partial charge >= 0.3 is 0 Å². The van der Waals surface area contributed by atoms with Crippen LogP contribution < -0.4 is 4.90 Å². The van der Waals surface area contributed by atoms with Crippen LogP contribution in [0.25, 0.3) is 0 Å². The topological polar surface area (TPSA) is 76.8 Å². The number of aromatic nitrogens is 5. The molecule has 0 aliphatic carbocycles. The quantitative estimate of drug-likeness (QED) is 0.509. The summed E-state index contributed by atoms with van der Waals surface area (Å²) >= 11 is 3.02. The van der Waals surface area contributed by atoms with E-state index >= 15 is 0 Å². The predicted octanol–water partition coefficient (Wildman–Crippen LogP) is 4.32. The van der Waals surface area contributed by atoms with E-state index in [0.29, 0.717) is 16.8 Å². The molecule has 2 aromatic heterocycles. The van der Waals surface area contributed by atoms with Crippen LogP contribution in [-0.4, -0.2) is 31.1 Å². The second-order valence-electron chi connectivity index (χ2n) is 6.82. The molecule has 1 aromatic carbocycles.